The van der Waals surface area contributed by atoms with Crippen LogP contribution in [0.25, 0.3) is 0 Å². The molecule has 1 fully saturated rings. The lowest BCUT2D eigenvalue weighted by molar-refractivity contribution is 0.0173. The van der Waals surface area contributed by atoms with Crippen molar-refractivity contribution in [3.8, 4) is 0 Å². The van der Waals surface area contributed by atoms with Gasteiger partial charge in [0, 0.05) is 19.2 Å². The summed E-state index contributed by atoms with van der Waals surface area (Å²) in [5.74, 6) is 0. The van der Waals surface area contributed by atoms with E-state index >= 15 is 0 Å². The highest BCUT2D eigenvalue weighted by atomic mass is 32.2. The van der Waals surface area contributed by atoms with Gasteiger partial charge in [-0.3, -0.25) is 5.10 Å². The van der Waals surface area contributed by atoms with Gasteiger partial charge in [-0.25, -0.2) is 13.1 Å². The highest BCUT2D eigenvalue weighted by Crippen LogP contribution is 2.20. The van der Waals surface area contributed by atoms with Crippen LogP contribution in [-0.4, -0.2) is 44.4 Å². The fourth-order valence-electron chi connectivity index (χ4n) is 2.50. The van der Waals surface area contributed by atoms with Crippen molar-refractivity contribution in [1.82, 2.24) is 20.2 Å². The van der Waals surface area contributed by atoms with Crippen LogP contribution in [0.3, 0.4) is 0 Å². The average molecular weight is 302 g/mol. The number of aromatic amines is 1. The van der Waals surface area contributed by atoms with Crippen LogP contribution in [0.1, 0.15) is 31.2 Å². The molecule has 1 aliphatic rings. The smallest absolute Gasteiger partial charge is 0.244 e. The van der Waals surface area contributed by atoms with E-state index < -0.39 is 10.0 Å². The molecule has 0 aliphatic carbocycles. The van der Waals surface area contributed by atoms with Crippen LogP contribution >= 0.6 is 0 Å². The lowest BCUT2D eigenvalue weighted by Crippen LogP contribution is -2.41. The third-order valence-electron chi connectivity index (χ3n) is 3.38. The standard InChI is InChI=1S/C12H22N4O3S/c1-8-6-10(4-5-19-8)16-20(17,18)12-9(2)14-15-11(12)7-13-3/h8,10,13,16H,4-7H2,1-3H3,(H,14,15). The molecule has 0 spiro atoms. The minimum absolute atomic E-state index is 0.0821. The summed E-state index contributed by atoms with van der Waals surface area (Å²) in [5.41, 5.74) is 1.07. The summed E-state index contributed by atoms with van der Waals surface area (Å²) in [5, 5.41) is 9.71. The summed E-state index contributed by atoms with van der Waals surface area (Å²) < 4.78 is 33.3. The number of nitrogens with one attached hydrogen (secondary N) is 3. The Labute approximate surface area is 119 Å². The van der Waals surface area contributed by atoms with Crippen molar-refractivity contribution in [3.63, 3.8) is 0 Å². The maximum Gasteiger partial charge on any atom is 0.244 e. The van der Waals surface area contributed by atoms with Crippen molar-refractivity contribution < 1.29 is 13.2 Å². The Morgan fingerprint density at radius 2 is 2.25 bits per heavy atom. The Hall–Kier alpha value is -0.960. The average Bonchev–Trinajstić information content (AvgIpc) is 2.71. The first kappa shape index (κ1) is 15.4. The first-order valence-corrected chi connectivity index (χ1v) is 8.24. The van der Waals surface area contributed by atoms with Gasteiger partial charge in [0.1, 0.15) is 4.90 Å². The van der Waals surface area contributed by atoms with Crippen LogP contribution in [0.5, 0.6) is 0 Å². The van der Waals surface area contributed by atoms with Gasteiger partial charge in [0.2, 0.25) is 10.0 Å². The van der Waals surface area contributed by atoms with Crippen LogP contribution in [0.2, 0.25) is 0 Å². The number of nitrogens with zero attached hydrogens (tertiary/aromatic N) is 1. The zero-order valence-corrected chi connectivity index (χ0v) is 12.9. The second kappa shape index (κ2) is 6.21. The van der Waals surface area contributed by atoms with Crippen LogP contribution in [0, 0.1) is 6.92 Å². The number of aromatic nitrogens is 2. The first-order valence-electron chi connectivity index (χ1n) is 6.76. The summed E-state index contributed by atoms with van der Waals surface area (Å²) in [6.45, 7) is 4.66. The molecule has 1 saturated heterocycles. The van der Waals surface area contributed by atoms with E-state index in [1.54, 1.807) is 14.0 Å². The molecule has 7 nitrogen and oxygen atoms in total. The number of ether oxygens (including phenoxy) is 1. The number of sulfonamides is 1. The first-order chi connectivity index (χ1) is 9.44. The minimum Gasteiger partial charge on any atom is -0.378 e. The molecule has 1 aromatic heterocycles. The molecule has 2 heterocycles. The molecule has 1 aliphatic heterocycles. The van der Waals surface area contributed by atoms with Crippen LogP contribution in [0.15, 0.2) is 4.90 Å². The van der Waals surface area contributed by atoms with Gasteiger partial charge in [0.15, 0.2) is 0 Å². The van der Waals surface area contributed by atoms with Crippen LogP contribution in [-0.2, 0) is 21.3 Å². The number of rotatable bonds is 5. The number of hydrogen-bond acceptors (Lipinski definition) is 5. The van der Waals surface area contributed by atoms with Gasteiger partial charge in [-0.1, -0.05) is 0 Å². The van der Waals surface area contributed by atoms with E-state index in [1.807, 2.05) is 6.92 Å². The number of H-pyrrole nitrogens is 1. The van der Waals surface area contributed by atoms with Crippen molar-refractivity contribution in [3.05, 3.63) is 11.4 Å². The predicted octanol–water partition coefficient (Wildman–Crippen LogP) is 0.283. The molecule has 3 N–H and O–H groups in total. The Balaban J connectivity index is 2.19. The SMILES string of the molecule is CNCc1n[nH]c(C)c1S(=O)(=O)NC1CCOC(C)C1. The normalized spacial score (nSPS) is 23.9. The second-order valence-electron chi connectivity index (χ2n) is 5.18. The Morgan fingerprint density at radius 3 is 2.90 bits per heavy atom. The molecule has 1 aromatic rings. The molecule has 2 atom stereocenters. The third kappa shape index (κ3) is 3.38. The zero-order chi connectivity index (χ0) is 14.8. The van der Waals surface area contributed by atoms with Crippen LogP contribution in [0.4, 0.5) is 0 Å². The Morgan fingerprint density at radius 1 is 1.50 bits per heavy atom. The molecular formula is C12H22N4O3S. The highest BCUT2D eigenvalue weighted by molar-refractivity contribution is 7.89. The topological polar surface area (TPSA) is 96.1 Å². The minimum atomic E-state index is -3.56. The molecule has 0 bridgehead atoms. The van der Waals surface area contributed by atoms with Crippen molar-refractivity contribution >= 4 is 10.0 Å². The molecule has 20 heavy (non-hydrogen) atoms. The molecule has 0 aromatic carbocycles. The van der Waals surface area contributed by atoms with Crippen LogP contribution < -0.4 is 10.0 Å². The van der Waals surface area contributed by atoms with Gasteiger partial charge in [0.05, 0.1) is 17.5 Å². The predicted molar refractivity (Wildman–Crippen MR) is 74.8 cm³/mol. The molecule has 114 valence electrons. The monoisotopic (exact) mass is 302 g/mol. The Kier molecular flexibility index (Phi) is 4.79. The molecule has 2 rings (SSSR count). The second-order valence-corrected chi connectivity index (χ2v) is 6.83. The van der Waals surface area contributed by atoms with E-state index in [0.717, 1.165) is 0 Å². The molecule has 2 unspecified atom stereocenters. The quantitative estimate of drug-likeness (QED) is 0.726. The van der Waals surface area contributed by atoms with Crippen molar-refractivity contribution in [2.24, 2.45) is 0 Å². The highest BCUT2D eigenvalue weighted by Gasteiger charge is 2.29. The van der Waals surface area contributed by atoms with Gasteiger partial charge >= 0.3 is 0 Å². The third-order valence-corrected chi connectivity index (χ3v) is 5.10. The molecular weight excluding hydrogens is 280 g/mol. The van der Waals surface area contributed by atoms with Gasteiger partial charge in [-0.05, 0) is 33.7 Å². The fraction of sp³-hybridized carbons (Fsp3) is 0.750. The van der Waals surface area contributed by atoms with E-state index in [4.69, 9.17) is 4.74 Å². The summed E-state index contributed by atoms with van der Waals surface area (Å²) in [6, 6.07) is -0.0829. The summed E-state index contributed by atoms with van der Waals surface area (Å²) in [6.07, 6.45) is 1.47. The van der Waals surface area contributed by atoms with E-state index in [2.05, 4.69) is 20.2 Å². The maximum absolute atomic E-state index is 12.5. The van der Waals surface area contributed by atoms with E-state index in [9.17, 15) is 8.42 Å². The van der Waals surface area contributed by atoms with E-state index in [0.29, 0.717) is 37.4 Å². The lowest BCUT2D eigenvalue weighted by atomic mass is 10.1. The number of aryl methyl sites for hydroxylation is 1. The fourth-order valence-corrected chi connectivity index (χ4v) is 4.14. The van der Waals surface area contributed by atoms with E-state index in [-0.39, 0.29) is 17.0 Å². The summed E-state index contributed by atoms with van der Waals surface area (Å²) in [4.78, 5) is 0.256. The van der Waals surface area contributed by atoms with Crippen molar-refractivity contribution in [1.29, 1.82) is 0 Å². The van der Waals surface area contributed by atoms with Crippen molar-refractivity contribution in [2.75, 3.05) is 13.7 Å². The van der Waals surface area contributed by atoms with E-state index in [1.165, 1.54) is 0 Å². The van der Waals surface area contributed by atoms with Gasteiger partial charge < -0.3 is 10.1 Å². The number of hydrogen-bond donors (Lipinski definition) is 3. The van der Waals surface area contributed by atoms with Gasteiger partial charge in [-0.15, -0.1) is 0 Å². The summed E-state index contributed by atoms with van der Waals surface area (Å²) >= 11 is 0. The van der Waals surface area contributed by atoms with Crippen molar-refractivity contribution in [2.45, 2.75) is 50.3 Å². The lowest BCUT2D eigenvalue weighted by Gasteiger charge is -2.27. The maximum atomic E-state index is 12.5. The van der Waals surface area contributed by atoms with Gasteiger partial charge in [-0.2, -0.15) is 5.10 Å². The Bertz CT molecular complexity index is 555. The zero-order valence-electron chi connectivity index (χ0n) is 12.1. The summed E-state index contributed by atoms with van der Waals surface area (Å²) in [7, 11) is -1.80. The molecule has 8 heteroatoms. The largest absolute Gasteiger partial charge is 0.378 e. The van der Waals surface area contributed by atoms with Gasteiger partial charge in [0.25, 0.3) is 0 Å². The molecule has 0 radical (unpaired) electrons. The molecule has 0 saturated carbocycles. The molecule has 0 amide bonds.